The van der Waals surface area contributed by atoms with Crippen LogP contribution in [0.2, 0.25) is 0 Å². The fourth-order valence-corrected chi connectivity index (χ4v) is 3.03. The van der Waals surface area contributed by atoms with E-state index < -0.39 is 5.54 Å². The molecule has 1 aliphatic rings. The maximum Gasteiger partial charge on any atom is 0.229 e. The minimum atomic E-state index is -0.806. The number of amides is 1. The van der Waals surface area contributed by atoms with Gasteiger partial charge in [-0.2, -0.15) is 5.26 Å². The van der Waals surface area contributed by atoms with Crippen molar-refractivity contribution in [1.82, 2.24) is 5.32 Å². The van der Waals surface area contributed by atoms with E-state index in [0.717, 1.165) is 11.3 Å². The van der Waals surface area contributed by atoms with Gasteiger partial charge in [0.15, 0.2) is 0 Å². The van der Waals surface area contributed by atoms with Crippen molar-refractivity contribution in [2.75, 3.05) is 5.75 Å². The van der Waals surface area contributed by atoms with E-state index in [1.165, 1.54) is 4.90 Å². The van der Waals surface area contributed by atoms with E-state index >= 15 is 0 Å². The van der Waals surface area contributed by atoms with Crippen molar-refractivity contribution in [3.8, 4) is 6.07 Å². The van der Waals surface area contributed by atoms with E-state index in [0.29, 0.717) is 0 Å². The lowest BCUT2D eigenvalue weighted by atomic mass is 9.98. The Morgan fingerprint density at radius 1 is 1.53 bits per heavy atom. The summed E-state index contributed by atoms with van der Waals surface area (Å²) in [6.45, 7) is 3.41. The van der Waals surface area contributed by atoms with Gasteiger partial charge in [0.2, 0.25) is 5.91 Å². The molecule has 0 spiro atoms. The monoisotopic (exact) mass is 246 g/mol. The molecule has 0 saturated carbocycles. The highest BCUT2D eigenvalue weighted by Crippen LogP contribution is 2.39. The normalized spacial score (nSPS) is 18.3. The maximum absolute atomic E-state index is 12.1. The van der Waals surface area contributed by atoms with Crippen LogP contribution in [0.1, 0.15) is 25.3 Å². The molecule has 1 heterocycles. The summed E-state index contributed by atoms with van der Waals surface area (Å²) >= 11 is 1.69. The summed E-state index contributed by atoms with van der Waals surface area (Å²) in [7, 11) is 0. The molecule has 1 atom stereocenters. The van der Waals surface area contributed by atoms with E-state index in [-0.39, 0.29) is 11.8 Å². The highest BCUT2D eigenvalue weighted by atomic mass is 32.2. The Balaban J connectivity index is 2.16. The lowest BCUT2D eigenvalue weighted by molar-refractivity contribution is -0.123. The van der Waals surface area contributed by atoms with Gasteiger partial charge < -0.3 is 5.32 Å². The Bertz CT molecular complexity index is 490. The minimum absolute atomic E-state index is 0.0611. The van der Waals surface area contributed by atoms with Crippen molar-refractivity contribution < 1.29 is 4.79 Å². The average Bonchev–Trinajstić information content (AvgIpc) is 2.72. The number of rotatable bonds is 2. The molecule has 1 amide bonds. The topological polar surface area (TPSA) is 52.9 Å². The summed E-state index contributed by atoms with van der Waals surface area (Å²) in [5, 5.41) is 11.7. The van der Waals surface area contributed by atoms with E-state index in [1.807, 2.05) is 24.3 Å². The molecular weight excluding hydrogens is 232 g/mol. The van der Waals surface area contributed by atoms with Crippen molar-refractivity contribution in [2.24, 2.45) is 0 Å². The molecule has 0 fully saturated rings. The number of nitriles is 1. The smallest absolute Gasteiger partial charge is 0.229 e. The molecule has 88 valence electrons. The number of nitrogens with zero attached hydrogens (tertiary/aromatic N) is 1. The Morgan fingerprint density at radius 2 is 2.24 bits per heavy atom. The van der Waals surface area contributed by atoms with Gasteiger partial charge in [0, 0.05) is 10.6 Å². The second-order valence-corrected chi connectivity index (χ2v) is 5.69. The fraction of sp³-hybridized carbons (Fsp3) is 0.385. The number of nitrogens with one attached hydrogen (secondary N) is 1. The molecule has 0 saturated heterocycles. The maximum atomic E-state index is 12.1. The molecule has 0 bridgehead atoms. The zero-order chi connectivity index (χ0) is 12.5. The van der Waals surface area contributed by atoms with Crippen molar-refractivity contribution in [2.45, 2.75) is 30.2 Å². The third-order valence-electron chi connectivity index (χ3n) is 2.73. The Labute approximate surface area is 105 Å². The van der Waals surface area contributed by atoms with Crippen LogP contribution in [0.5, 0.6) is 0 Å². The van der Waals surface area contributed by atoms with Crippen LogP contribution in [0, 0.1) is 11.3 Å². The quantitative estimate of drug-likeness (QED) is 0.871. The Kier molecular flexibility index (Phi) is 3.12. The van der Waals surface area contributed by atoms with Crippen LogP contribution < -0.4 is 5.32 Å². The van der Waals surface area contributed by atoms with Gasteiger partial charge >= 0.3 is 0 Å². The SMILES string of the molecule is CC(C)(C#N)NC(=O)C1CSc2ccccc21. The molecule has 1 aliphatic heterocycles. The number of carbonyl (C=O) groups is 1. The Morgan fingerprint density at radius 3 is 2.94 bits per heavy atom. The van der Waals surface area contributed by atoms with Crippen LogP contribution in [0.15, 0.2) is 29.2 Å². The van der Waals surface area contributed by atoms with Crippen molar-refractivity contribution in [3.63, 3.8) is 0 Å². The first-order valence-corrected chi connectivity index (χ1v) is 6.47. The number of carbonyl (C=O) groups excluding carboxylic acids is 1. The van der Waals surface area contributed by atoms with E-state index in [4.69, 9.17) is 5.26 Å². The summed E-state index contributed by atoms with van der Waals surface area (Å²) in [6.07, 6.45) is 0. The van der Waals surface area contributed by atoms with Gasteiger partial charge in [-0.1, -0.05) is 18.2 Å². The zero-order valence-electron chi connectivity index (χ0n) is 9.86. The first-order chi connectivity index (χ1) is 8.03. The van der Waals surface area contributed by atoms with Crippen LogP contribution >= 0.6 is 11.8 Å². The summed E-state index contributed by atoms with van der Waals surface area (Å²) < 4.78 is 0. The standard InChI is InChI=1S/C13H14N2OS/c1-13(2,8-14)15-12(16)10-7-17-11-6-4-3-5-9(10)11/h3-6,10H,7H2,1-2H3,(H,15,16). The number of thioether (sulfide) groups is 1. The van der Waals surface area contributed by atoms with Gasteiger partial charge in [-0.05, 0) is 25.5 Å². The second kappa shape index (κ2) is 4.42. The molecular formula is C13H14N2OS. The number of hydrogen-bond acceptors (Lipinski definition) is 3. The molecule has 4 heteroatoms. The fourth-order valence-electron chi connectivity index (χ4n) is 1.80. The van der Waals surface area contributed by atoms with Crippen LogP contribution in [0.4, 0.5) is 0 Å². The van der Waals surface area contributed by atoms with Gasteiger partial charge in [-0.15, -0.1) is 11.8 Å². The highest BCUT2D eigenvalue weighted by molar-refractivity contribution is 7.99. The van der Waals surface area contributed by atoms with Crippen LogP contribution in [0.3, 0.4) is 0 Å². The molecule has 0 aliphatic carbocycles. The predicted molar refractivity (Wildman–Crippen MR) is 67.7 cm³/mol. The average molecular weight is 246 g/mol. The van der Waals surface area contributed by atoms with Gasteiger partial charge in [-0.25, -0.2) is 0 Å². The van der Waals surface area contributed by atoms with Gasteiger partial charge in [0.1, 0.15) is 5.54 Å². The lowest BCUT2D eigenvalue weighted by Crippen LogP contribution is -2.44. The first-order valence-electron chi connectivity index (χ1n) is 5.48. The van der Waals surface area contributed by atoms with Crippen molar-refractivity contribution in [1.29, 1.82) is 5.26 Å². The van der Waals surface area contributed by atoms with E-state index in [1.54, 1.807) is 25.6 Å². The molecule has 3 nitrogen and oxygen atoms in total. The third-order valence-corrected chi connectivity index (χ3v) is 3.91. The summed E-state index contributed by atoms with van der Waals surface area (Å²) in [5.74, 6) is 0.560. The van der Waals surface area contributed by atoms with Crippen LogP contribution in [-0.4, -0.2) is 17.2 Å². The van der Waals surface area contributed by atoms with Gasteiger partial charge in [0.25, 0.3) is 0 Å². The molecule has 1 unspecified atom stereocenters. The van der Waals surface area contributed by atoms with Crippen LogP contribution in [0.25, 0.3) is 0 Å². The summed E-state index contributed by atoms with van der Waals surface area (Å²) in [4.78, 5) is 13.3. The summed E-state index contributed by atoms with van der Waals surface area (Å²) in [6, 6.07) is 10.0. The Hall–Kier alpha value is -1.47. The number of benzene rings is 1. The highest BCUT2D eigenvalue weighted by Gasteiger charge is 2.31. The summed E-state index contributed by atoms with van der Waals surface area (Å²) in [5.41, 5.74) is 0.267. The molecule has 2 rings (SSSR count). The molecule has 0 aromatic heterocycles. The molecule has 1 aromatic carbocycles. The third kappa shape index (κ3) is 2.45. The number of hydrogen-bond donors (Lipinski definition) is 1. The largest absolute Gasteiger partial charge is 0.338 e. The van der Waals surface area contributed by atoms with Crippen molar-refractivity contribution in [3.05, 3.63) is 29.8 Å². The van der Waals surface area contributed by atoms with Crippen molar-refractivity contribution >= 4 is 17.7 Å². The zero-order valence-corrected chi connectivity index (χ0v) is 10.7. The second-order valence-electron chi connectivity index (χ2n) is 4.63. The van der Waals surface area contributed by atoms with Gasteiger partial charge in [-0.3, -0.25) is 4.79 Å². The first kappa shape index (κ1) is 12.0. The lowest BCUT2D eigenvalue weighted by Gasteiger charge is -2.20. The van der Waals surface area contributed by atoms with Gasteiger partial charge in [0.05, 0.1) is 12.0 Å². The molecule has 1 N–H and O–H groups in total. The minimum Gasteiger partial charge on any atom is -0.338 e. The number of fused-ring (bicyclic) bond motifs is 1. The van der Waals surface area contributed by atoms with Crippen LogP contribution in [-0.2, 0) is 4.79 Å². The van der Waals surface area contributed by atoms with E-state index in [2.05, 4.69) is 11.4 Å². The van der Waals surface area contributed by atoms with E-state index in [9.17, 15) is 4.79 Å². The predicted octanol–water partition coefficient (Wildman–Crippen LogP) is 2.29. The molecule has 17 heavy (non-hydrogen) atoms. The molecule has 1 aromatic rings. The molecule has 0 radical (unpaired) electrons.